The van der Waals surface area contributed by atoms with Gasteiger partial charge in [-0.3, -0.25) is 0 Å². The van der Waals surface area contributed by atoms with Crippen molar-refractivity contribution in [3.63, 3.8) is 0 Å². The molecule has 158 valence electrons. The van der Waals surface area contributed by atoms with Gasteiger partial charge < -0.3 is 9.72 Å². The molecule has 5 rings (SSSR count). The summed E-state index contributed by atoms with van der Waals surface area (Å²) in [5.74, 6) is 0.534. The summed E-state index contributed by atoms with van der Waals surface area (Å²) < 4.78 is 5.75. The number of fused-ring (bicyclic) bond motifs is 2. The van der Waals surface area contributed by atoms with Gasteiger partial charge >= 0.3 is 0 Å². The largest absolute Gasteiger partial charge is 0.446 e. The SMILES string of the molecule is Cc1cccc2cc(CCC=COc3ncnc4[nH]ccc34)c(-c3ccccc3Cl)nc12. The second-order valence-corrected chi connectivity index (χ2v) is 7.98. The Labute approximate surface area is 190 Å². The minimum atomic E-state index is 0.534. The van der Waals surface area contributed by atoms with Crippen LogP contribution in [-0.4, -0.2) is 19.9 Å². The number of para-hydroxylation sites is 1. The lowest BCUT2D eigenvalue weighted by Crippen LogP contribution is -1.97. The van der Waals surface area contributed by atoms with Crippen LogP contribution in [0.5, 0.6) is 5.88 Å². The van der Waals surface area contributed by atoms with Crippen molar-refractivity contribution in [2.45, 2.75) is 19.8 Å². The molecule has 0 spiro atoms. The predicted molar refractivity (Wildman–Crippen MR) is 129 cm³/mol. The van der Waals surface area contributed by atoms with Crippen LogP contribution in [0.3, 0.4) is 0 Å². The lowest BCUT2D eigenvalue weighted by Gasteiger charge is -2.13. The molecule has 0 aliphatic carbocycles. The Morgan fingerprint density at radius 2 is 1.97 bits per heavy atom. The van der Waals surface area contributed by atoms with Gasteiger partial charge in [0, 0.05) is 22.2 Å². The Morgan fingerprint density at radius 3 is 2.88 bits per heavy atom. The number of nitrogens with one attached hydrogen (secondary N) is 1. The molecule has 32 heavy (non-hydrogen) atoms. The normalized spacial score (nSPS) is 11.6. The number of ether oxygens (including phenoxy) is 1. The van der Waals surface area contributed by atoms with Crippen LogP contribution in [0.15, 0.2) is 79.5 Å². The maximum absolute atomic E-state index is 6.52. The van der Waals surface area contributed by atoms with E-state index in [1.54, 1.807) is 6.26 Å². The first-order valence-electron chi connectivity index (χ1n) is 10.4. The number of aromatic amines is 1. The fraction of sp³-hybridized carbons (Fsp3) is 0.115. The van der Waals surface area contributed by atoms with Crippen LogP contribution in [0.2, 0.25) is 5.02 Å². The van der Waals surface area contributed by atoms with Gasteiger partial charge in [0.1, 0.15) is 12.0 Å². The van der Waals surface area contributed by atoms with E-state index in [1.165, 1.54) is 6.33 Å². The highest BCUT2D eigenvalue weighted by Crippen LogP contribution is 2.32. The number of allylic oxidation sites excluding steroid dienone is 1. The molecule has 5 aromatic rings. The van der Waals surface area contributed by atoms with Crippen molar-refractivity contribution in [2.75, 3.05) is 0 Å². The molecule has 3 aromatic heterocycles. The summed E-state index contributed by atoms with van der Waals surface area (Å²) >= 11 is 6.52. The van der Waals surface area contributed by atoms with Crippen molar-refractivity contribution in [1.82, 2.24) is 19.9 Å². The highest BCUT2D eigenvalue weighted by atomic mass is 35.5. The summed E-state index contributed by atoms with van der Waals surface area (Å²) in [7, 11) is 0. The third-order valence-electron chi connectivity index (χ3n) is 5.43. The number of aryl methyl sites for hydroxylation is 2. The molecule has 2 aromatic carbocycles. The van der Waals surface area contributed by atoms with E-state index < -0.39 is 0 Å². The monoisotopic (exact) mass is 440 g/mol. The van der Waals surface area contributed by atoms with Crippen molar-refractivity contribution in [3.05, 3.63) is 95.6 Å². The average molecular weight is 441 g/mol. The zero-order chi connectivity index (χ0) is 21.9. The first-order chi connectivity index (χ1) is 15.7. The average Bonchev–Trinajstić information content (AvgIpc) is 3.29. The molecule has 1 N–H and O–H groups in total. The van der Waals surface area contributed by atoms with Gasteiger partial charge in [0.05, 0.1) is 22.9 Å². The van der Waals surface area contributed by atoms with Crippen molar-refractivity contribution >= 4 is 33.5 Å². The molecule has 0 aliphatic heterocycles. The van der Waals surface area contributed by atoms with Crippen LogP contribution < -0.4 is 4.74 Å². The van der Waals surface area contributed by atoms with Crippen molar-refractivity contribution in [3.8, 4) is 17.1 Å². The van der Waals surface area contributed by atoms with E-state index >= 15 is 0 Å². The van der Waals surface area contributed by atoms with Crippen molar-refractivity contribution < 1.29 is 4.74 Å². The number of halogens is 1. The molecule has 6 heteroatoms. The molecule has 0 amide bonds. The zero-order valence-electron chi connectivity index (χ0n) is 17.5. The van der Waals surface area contributed by atoms with Crippen LogP contribution in [0.25, 0.3) is 33.2 Å². The summed E-state index contributed by atoms with van der Waals surface area (Å²) in [5, 5.41) is 2.69. The van der Waals surface area contributed by atoms with Gasteiger partial charge in [-0.2, -0.15) is 0 Å². The maximum Gasteiger partial charge on any atom is 0.231 e. The molecule has 0 bridgehead atoms. The van der Waals surface area contributed by atoms with Gasteiger partial charge in [-0.05, 0) is 55.2 Å². The predicted octanol–water partition coefficient (Wildman–Crippen LogP) is 6.66. The summed E-state index contributed by atoms with van der Waals surface area (Å²) in [4.78, 5) is 16.5. The summed E-state index contributed by atoms with van der Waals surface area (Å²) in [6.45, 7) is 2.08. The highest BCUT2D eigenvalue weighted by Gasteiger charge is 2.13. The maximum atomic E-state index is 6.52. The van der Waals surface area contributed by atoms with Crippen LogP contribution >= 0.6 is 11.6 Å². The van der Waals surface area contributed by atoms with Crippen molar-refractivity contribution in [1.29, 1.82) is 0 Å². The number of H-pyrrole nitrogens is 1. The van der Waals surface area contributed by atoms with Gasteiger partial charge in [0.25, 0.3) is 0 Å². The summed E-state index contributed by atoms with van der Waals surface area (Å²) in [5.41, 5.74) is 5.93. The Bertz CT molecular complexity index is 1440. The lowest BCUT2D eigenvalue weighted by molar-refractivity contribution is 0.464. The molecule has 0 fully saturated rings. The number of rotatable bonds is 6. The molecule has 5 nitrogen and oxygen atoms in total. The Balaban J connectivity index is 1.40. The van der Waals surface area contributed by atoms with Crippen LogP contribution in [0, 0.1) is 6.92 Å². The number of aromatic nitrogens is 4. The Kier molecular flexibility index (Phi) is 5.57. The number of hydrogen-bond donors (Lipinski definition) is 1. The van der Waals surface area contributed by atoms with E-state index in [0.29, 0.717) is 10.9 Å². The minimum absolute atomic E-state index is 0.534. The number of pyridine rings is 1. The molecule has 0 atom stereocenters. The number of benzene rings is 2. The fourth-order valence-electron chi connectivity index (χ4n) is 3.83. The molecule has 0 unspecified atom stereocenters. The first-order valence-corrected chi connectivity index (χ1v) is 10.8. The second kappa shape index (κ2) is 8.81. The molecular weight excluding hydrogens is 420 g/mol. The van der Waals surface area contributed by atoms with E-state index in [9.17, 15) is 0 Å². The second-order valence-electron chi connectivity index (χ2n) is 7.57. The van der Waals surface area contributed by atoms with Gasteiger partial charge in [-0.1, -0.05) is 48.0 Å². The highest BCUT2D eigenvalue weighted by molar-refractivity contribution is 6.33. The smallest absolute Gasteiger partial charge is 0.231 e. The number of hydrogen-bond acceptors (Lipinski definition) is 4. The third kappa shape index (κ3) is 3.95. The van der Waals surface area contributed by atoms with Gasteiger partial charge in [0.2, 0.25) is 5.88 Å². The van der Waals surface area contributed by atoms with E-state index in [4.69, 9.17) is 21.3 Å². The van der Waals surface area contributed by atoms with Crippen molar-refractivity contribution in [2.24, 2.45) is 0 Å². The number of nitrogens with zero attached hydrogens (tertiary/aromatic N) is 3. The Morgan fingerprint density at radius 1 is 1.06 bits per heavy atom. The molecule has 0 saturated carbocycles. The topological polar surface area (TPSA) is 63.7 Å². The van der Waals surface area contributed by atoms with Gasteiger partial charge in [-0.25, -0.2) is 15.0 Å². The molecule has 0 aliphatic rings. The lowest BCUT2D eigenvalue weighted by atomic mass is 9.98. The Hall–Kier alpha value is -3.70. The van der Waals surface area contributed by atoms with Crippen LogP contribution in [-0.2, 0) is 6.42 Å². The van der Waals surface area contributed by atoms with E-state index in [-0.39, 0.29) is 0 Å². The fourth-order valence-corrected chi connectivity index (χ4v) is 4.05. The molecule has 0 radical (unpaired) electrons. The molecular formula is C26H21ClN4O. The van der Waals surface area contributed by atoms with Crippen LogP contribution in [0.1, 0.15) is 17.5 Å². The quantitative estimate of drug-likeness (QED) is 0.300. The van der Waals surface area contributed by atoms with Gasteiger partial charge in [0.15, 0.2) is 0 Å². The molecule has 0 saturated heterocycles. The third-order valence-corrected chi connectivity index (χ3v) is 5.76. The molecule has 3 heterocycles. The van der Waals surface area contributed by atoms with E-state index in [0.717, 1.165) is 57.2 Å². The van der Waals surface area contributed by atoms with Gasteiger partial charge in [-0.15, -0.1) is 0 Å². The summed E-state index contributed by atoms with van der Waals surface area (Å²) in [6.07, 6.45) is 8.58. The first kappa shape index (κ1) is 20.2. The standard InChI is InChI=1S/C26H21ClN4O/c1-17-7-6-9-18-15-19(24(31-23(17)18)20-10-2-3-11-22(20)27)8-4-5-14-32-26-21-12-13-28-25(21)29-16-30-26/h2-3,5-7,9-16H,4,8H2,1H3,(H,28,29,30). The zero-order valence-corrected chi connectivity index (χ0v) is 18.3. The van der Waals surface area contributed by atoms with Crippen LogP contribution in [0.4, 0.5) is 0 Å². The summed E-state index contributed by atoms with van der Waals surface area (Å²) in [6, 6.07) is 18.2. The minimum Gasteiger partial charge on any atom is -0.446 e. The van der Waals surface area contributed by atoms with E-state index in [1.807, 2.05) is 42.6 Å². The van der Waals surface area contributed by atoms with E-state index in [2.05, 4.69) is 46.1 Å².